The zero-order valence-corrected chi connectivity index (χ0v) is 21.9. The highest BCUT2D eigenvalue weighted by molar-refractivity contribution is 5.84. The van der Waals surface area contributed by atoms with Crippen molar-refractivity contribution >= 4 is 28.1 Å². The van der Waals surface area contributed by atoms with Crippen LogP contribution in [0.5, 0.6) is 11.5 Å². The minimum absolute atomic E-state index is 0.616. The summed E-state index contributed by atoms with van der Waals surface area (Å²) < 4.78 is 13.7. The van der Waals surface area contributed by atoms with Crippen molar-refractivity contribution in [3.8, 4) is 22.8 Å². The van der Waals surface area contributed by atoms with Crippen molar-refractivity contribution in [1.82, 2.24) is 29.5 Å². The Morgan fingerprint density at radius 1 is 0.946 bits per heavy atom. The molecule has 10 nitrogen and oxygen atoms in total. The predicted octanol–water partition coefficient (Wildman–Crippen LogP) is 3.45. The molecule has 1 aliphatic heterocycles. The Hall–Kier alpha value is -3.89. The fourth-order valence-electron chi connectivity index (χ4n) is 4.54. The van der Waals surface area contributed by atoms with E-state index in [1.807, 2.05) is 49.2 Å². The first-order valence-corrected chi connectivity index (χ1v) is 12.5. The third-order valence-electron chi connectivity index (χ3n) is 6.80. The lowest BCUT2D eigenvalue weighted by Crippen LogP contribution is -2.45. The largest absolute Gasteiger partial charge is 0.494 e. The van der Waals surface area contributed by atoms with Gasteiger partial charge in [0, 0.05) is 69.9 Å². The second-order valence-electron chi connectivity index (χ2n) is 9.25. The van der Waals surface area contributed by atoms with Crippen LogP contribution in [0.25, 0.3) is 22.2 Å². The van der Waals surface area contributed by atoms with Crippen LogP contribution in [0, 0.1) is 0 Å². The average Bonchev–Trinajstić information content (AvgIpc) is 3.30. The number of hydrogen-bond donors (Lipinski definition) is 2. The average molecular weight is 503 g/mol. The van der Waals surface area contributed by atoms with E-state index in [-0.39, 0.29) is 0 Å². The molecule has 0 atom stereocenters. The quantitative estimate of drug-likeness (QED) is 0.357. The lowest BCUT2D eigenvalue weighted by molar-refractivity contribution is 0.134. The molecular weight excluding hydrogens is 468 g/mol. The number of anilines is 3. The molecule has 37 heavy (non-hydrogen) atoms. The Bertz CT molecular complexity index is 1360. The van der Waals surface area contributed by atoms with E-state index in [1.165, 1.54) is 0 Å². The monoisotopic (exact) mass is 502 g/mol. The second kappa shape index (κ2) is 11.0. The first-order valence-electron chi connectivity index (χ1n) is 12.5. The van der Waals surface area contributed by atoms with Crippen molar-refractivity contribution in [3.63, 3.8) is 0 Å². The highest BCUT2D eigenvalue weighted by Gasteiger charge is 2.16. The maximum atomic E-state index is 6.16. The van der Waals surface area contributed by atoms with E-state index >= 15 is 0 Å². The number of hydrogen-bond acceptors (Lipinski definition) is 9. The lowest BCUT2D eigenvalue weighted by Gasteiger charge is -2.32. The molecule has 0 spiro atoms. The number of methoxy groups -OCH3 is 1. The highest BCUT2D eigenvalue weighted by Crippen LogP contribution is 2.38. The molecule has 3 heterocycles. The molecular formula is C27H34N8O2. The van der Waals surface area contributed by atoms with Gasteiger partial charge in [0.25, 0.3) is 0 Å². The van der Waals surface area contributed by atoms with Crippen molar-refractivity contribution in [2.75, 3.05) is 71.2 Å². The first-order chi connectivity index (χ1) is 18.0. The summed E-state index contributed by atoms with van der Waals surface area (Å²) in [5.41, 5.74) is 4.55. The van der Waals surface area contributed by atoms with E-state index < -0.39 is 0 Å². The Morgan fingerprint density at radius 2 is 1.78 bits per heavy atom. The Morgan fingerprint density at radius 3 is 2.57 bits per heavy atom. The maximum absolute atomic E-state index is 6.16. The minimum Gasteiger partial charge on any atom is -0.494 e. The molecule has 1 fully saturated rings. The van der Waals surface area contributed by atoms with Crippen LogP contribution in [0.3, 0.4) is 0 Å². The summed E-state index contributed by atoms with van der Waals surface area (Å²) in [6.07, 6.45) is 3.42. The van der Waals surface area contributed by atoms with Crippen LogP contribution in [-0.4, -0.2) is 90.1 Å². The zero-order chi connectivity index (χ0) is 25.8. The summed E-state index contributed by atoms with van der Waals surface area (Å²) in [7, 11) is 7.64. The van der Waals surface area contributed by atoms with Crippen LogP contribution < -0.4 is 20.1 Å². The number of fused-ring (bicyclic) bond motifs is 1. The van der Waals surface area contributed by atoms with Gasteiger partial charge in [0.15, 0.2) is 0 Å². The van der Waals surface area contributed by atoms with Crippen LogP contribution in [-0.2, 0) is 7.05 Å². The van der Waals surface area contributed by atoms with E-state index in [2.05, 4.69) is 54.7 Å². The molecule has 1 aliphatic rings. The van der Waals surface area contributed by atoms with E-state index in [0.29, 0.717) is 18.2 Å². The van der Waals surface area contributed by atoms with Crippen molar-refractivity contribution in [2.24, 2.45) is 7.05 Å². The number of piperazine rings is 1. The molecule has 2 aromatic carbocycles. The first kappa shape index (κ1) is 24.8. The molecule has 0 aliphatic carbocycles. The summed E-state index contributed by atoms with van der Waals surface area (Å²) >= 11 is 0. The Balaban J connectivity index is 1.31. The van der Waals surface area contributed by atoms with Gasteiger partial charge in [-0.05, 0) is 25.2 Å². The second-order valence-corrected chi connectivity index (χ2v) is 9.25. The third-order valence-corrected chi connectivity index (χ3v) is 6.80. The van der Waals surface area contributed by atoms with Gasteiger partial charge in [-0.15, -0.1) is 0 Å². The van der Waals surface area contributed by atoms with Gasteiger partial charge in [-0.25, -0.2) is 9.97 Å². The topological polar surface area (TPSA) is 92.6 Å². The van der Waals surface area contributed by atoms with Gasteiger partial charge >= 0.3 is 0 Å². The summed E-state index contributed by atoms with van der Waals surface area (Å²) in [6.45, 7) is 5.85. The summed E-state index contributed by atoms with van der Waals surface area (Å²) in [5.74, 6) is 2.10. The molecule has 0 saturated carbocycles. The smallest absolute Gasteiger partial charge is 0.146 e. The van der Waals surface area contributed by atoms with E-state index in [1.54, 1.807) is 13.4 Å². The van der Waals surface area contributed by atoms with Gasteiger partial charge in [0.1, 0.15) is 30.3 Å². The summed E-state index contributed by atoms with van der Waals surface area (Å²) in [4.78, 5) is 13.7. The van der Waals surface area contributed by atoms with E-state index in [0.717, 1.165) is 72.0 Å². The van der Waals surface area contributed by atoms with E-state index in [4.69, 9.17) is 9.47 Å². The standard InChI is InChI=1S/C27H34N8O2/c1-28-22-14-23(25(36-4)16-26(22)37-12-11-35-9-7-33(2)8-10-35)32-27-15-21(29-18-30-27)19-5-6-24-20(13-19)17-31-34(24)3/h5-6,13-18,28H,7-12H2,1-4H3,(H,29,30,32). The molecule has 10 heteroatoms. The number of benzene rings is 2. The molecule has 4 aromatic rings. The summed E-state index contributed by atoms with van der Waals surface area (Å²) in [6, 6.07) is 12.0. The number of aryl methyl sites for hydroxylation is 1. The molecule has 2 N–H and O–H groups in total. The predicted molar refractivity (Wildman–Crippen MR) is 147 cm³/mol. The van der Waals surface area contributed by atoms with Gasteiger partial charge < -0.3 is 25.0 Å². The molecule has 0 radical (unpaired) electrons. The maximum Gasteiger partial charge on any atom is 0.146 e. The highest BCUT2D eigenvalue weighted by atomic mass is 16.5. The van der Waals surface area contributed by atoms with Crippen LogP contribution >= 0.6 is 0 Å². The minimum atomic E-state index is 0.616. The Kier molecular flexibility index (Phi) is 7.38. The van der Waals surface area contributed by atoms with Crippen LogP contribution in [0.4, 0.5) is 17.2 Å². The van der Waals surface area contributed by atoms with Crippen molar-refractivity contribution in [3.05, 3.63) is 48.9 Å². The fraction of sp³-hybridized carbons (Fsp3) is 0.370. The number of ether oxygens (including phenoxy) is 2. The molecule has 0 amide bonds. The lowest BCUT2D eigenvalue weighted by atomic mass is 10.1. The summed E-state index contributed by atoms with van der Waals surface area (Å²) in [5, 5.41) is 12.0. The van der Waals surface area contributed by atoms with Crippen LogP contribution in [0.15, 0.2) is 48.9 Å². The zero-order valence-electron chi connectivity index (χ0n) is 21.9. The molecule has 194 valence electrons. The van der Waals surface area contributed by atoms with Crippen molar-refractivity contribution < 1.29 is 9.47 Å². The fourth-order valence-corrected chi connectivity index (χ4v) is 4.54. The van der Waals surface area contributed by atoms with Crippen LogP contribution in [0.2, 0.25) is 0 Å². The van der Waals surface area contributed by atoms with Gasteiger partial charge in [-0.3, -0.25) is 9.58 Å². The SMILES string of the molecule is CNc1cc(Nc2cc(-c3ccc4c(cnn4C)c3)ncn2)c(OC)cc1OCCN1CCN(C)CC1. The Labute approximate surface area is 217 Å². The van der Waals surface area contributed by atoms with E-state index in [9.17, 15) is 0 Å². The molecule has 5 rings (SSSR count). The number of aromatic nitrogens is 4. The number of nitrogens with zero attached hydrogens (tertiary/aromatic N) is 6. The van der Waals surface area contributed by atoms with Crippen LogP contribution in [0.1, 0.15) is 0 Å². The molecule has 2 aromatic heterocycles. The van der Waals surface area contributed by atoms with Gasteiger partial charge in [-0.1, -0.05) is 6.07 Å². The van der Waals surface area contributed by atoms with Gasteiger partial charge in [0.2, 0.25) is 0 Å². The number of rotatable bonds is 9. The third kappa shape index (κ3) is 5.60. The normalized spacial score (nSPS) is 14.6. The number of likely N-dealkylation sites (N-methyl/N-ethyl adjacent to an activating group) is 1. The van der Waals surface area contributed by atoms with Gasteiger partial charge in [0.05, 0.1) is 35.9 Å². The molecule has 0 bridgehead atoms. The van der Waals surface area contributed by atoms with Crippen molar-refractivity contribution in [1.29, 1.82) is 0 Å². The molecule has 1 saturated heterocycles. The van der Waals surface area contributed by atoms with Gasteiger partial charge in [-0.2, -0.15) is 5.10 Å². The molecule has 0 unspecified atom stereocenters. The number of nitrogens with one attached hydrogen (secondary N) is 2. The van der Waals surface area contributed by atoms with Crippen molar-refractivity contribution in [2.45, 2.75) is 0 Å².